The van der Waals surface area contributed by atoms with Crippen LogP contribution in [0.3, 0.4) is 0 Å². The zero-order valence-corrected chi connectivity index (χ0v) is 21.1. The van der Waals surface area contributed by atoms with Crippen molar-refractivity contribution in [1.82, 2.24) is 20.4 Å². The van der Waals surface area contributed by atoms with E-state index in [4.69, 9.17) is 0 Å². The Hall–Kier alpha value is -4.46. The molecule has 2 aromatic carbocycles. The summed E-state index contributed by atoms with van der Waals surface area (Å²) in [4.78, 5) is 24.6. The van der Waals surface area contributed by atoms with Gasteiger partial charge in [0.15, 0.2) is 11.6 Å². The summed E-state index contributed by atoms with van der Waals surface area (Å²) in [6, 6.07) is 26.8. The summed E-state index contributed by atoms with van der Waals surface area (Å²) < 4.78 is 0. The van der Waals surface area contributed by atoms with Gasteiger partial charge in [0, 0.05) is 11.8 Å². The Morgan fingerprint density at radius 3 is 1.45 bits per heavy atom. The van der Waals surface area contributed by atoms with Crippen LogP contribution in [0.25, 0.3) is 0 Å². The normalized spacial score (nSPS) is 16.9. The summed E-state index contributed by atoms with van der Waals surface area (Å²) in [5.74, 6) is 1.21. The molecule has 0 bridgehead atoms. The van der Waals surface area contributed by atoms with Gasteiger partial charge in [0.1, 0.15) is 0 Å². The van der Waals surface area contributed by atoms with Crippen molar-refractivity contribution in [1.29, 1.82) is 0 Å². The average Bonchev–Trinajstić information content (AvgIpc) is 2.95. The summed E-state index contributed by atoms with van der Waals surface area (Å²) in [6.45, 7) is 0. The number of hydrogen-bond acceptors (Lipinski definition) is 6. The lowest BCUT2D eigenvalue weighted by atomic mass is 9.78. The first-order chi connectivity index (χ1) is 18.6. The predicted molar refractivity (Wildman–Crippen MR) is 146 cm³/mol. The SMILES string of the molecule is O=C(Cc1ccccc1)Nc1ccc([C@H]2CCC[C@H](c3ccc(NC(=O)Cc4ccccc4)nn3)C2)nn1. The first-order valence-electron chi connectivity index (χ1n) is 13.0. The molecule has 0 radical (unpaired) electrons. The molecule has 2 N–H and O–H groups in total. The summed E-state index contributed by atoms with van der Waals surface area (Å²) >= 11 is 0. The van der Waals surface area contributed by atoms with Gasteiger partial charge in [0.2, 0.25) is 11.8 Å². The smallest absolute Gasteiger partial charge is 0.229 e. The van der Waals surface area contributed by atoms with E-state index in [0.717, 1.165) is 48.2 Å². The molecule has 8 heteroatoms. The number of hydrogen-bond donors (Lipinski definition) is 2. The third-order valence-electron chi connectivity index (χ3n) is 6.83. The lowest BCUT2D eigenvalue weighted by Crippen LogP contribution is -2.18. The molecule has 1 aliphatic carbocycles. The van der Waals surface area contributed by atoms with Crippen molar-refractivity contribution in [2.45, 2.75) is 50.4 Å². The molecule has 0 spiro atoms. The third kappa shape index (κ3) is 6.85. The predicted octanol–water partition coefficient (Wildman–Crippen LogP) is 5.07. The highest BCUT2D eigenvalue weighted by Gasteiger charge is 2.27. The quantitative estimate of drug-likeness (QED) is 0.345. The molecule has 8 nitrogen and oxygen atoms in total. The van der Waals surface area contributed by atoms with Gasteiger partial charge in [-0.3, -0.25) is 9.59 Å². The number of carbonyl (C=O) groups is 2. The first-order valence-corrected chi connectivity index (χ1v) is 13.0. The summed E-state index contributed by atoms with van der Waals surface area (Å²) in [6.07, 6.45) is 4.63. The third-order valence-corrected chi connectivity index (χ3v) is 6.83. The maximum atomic E-state index is 12.3. The van der Waals surface area contributed by atoms with Crippen LogP contribution in [0.2, 0.25) is 0 Å². The van der Waals surface area contributed by atoms with Crippen molar-refractivity contribution >= 4 is 23.5 Å². The van der Waals surface area contributed by atoms with Gasteiger partial charge in [-0.15, -0.1) is 10.2 Å². The van der Waals surface area contributed by atoms with E-state index in [9.17, 15) is 9.59 Å². The van der Waals surface area contributed by atoms with Gasteiger partial charge < -0.3 is 10.6 Å². The van der Waals surface area contributed by atoms with Crippen LogP contribution in [0.5, 0.6) is 0 Å². The van der Waals surface area contributed by atoms with Crippen molar-refractivity contribution in [2.75, 3.05) is 10.6 Å². The van der Waals surface area contributed by atoms with E-state index in [1.807, 2.05) is 84.9 Å². The zero-order chi connectivity index (χ0) is 26.2. The van der Waals surface area contributed by atoms with E-state index in [2.05, 4.69) is 31.0 Å². The van der Waals surface area contributed by atoms with Gasteiger partial charge in [-0.05, 0) is 54.7 Å². The summed E-state index contributed by atoms with van der Waals surface area (Å²) in [7, 11) is 0. The molecule has 38 heavy (non-hydrogen) atoms. The summed E-state index contributed by atoms with van der Waals surface area (Å²) in [5.41, 5.74) is 3.75. The molecule has 4 aromatic rings. The van der Waals surface area contributed by atoms with E-state index in [1.54, 1.807) is 0 Å². The van der Waals surface area contributed by atoms with Crippen molar-refractivity contribution in [2.24, 2.45) is 0 Å². The monoisotopic (exact) mass is 506 g/mol. The van der Waals surface area contributed by atoms with Crippen molar-refractivity contribution in [3.05, 3.63) is 107 Å². The number of benzene rings is 2. The van der Waals surface area contributed by atoms with Crippen LogP contribution in [0.1, 0.15) is 60.0 Å². The number of amides is 2. The van der Waals surface area contributed by atoms with Gasteiger partial charge in [-0.25, -0.2) is 0 Å². The molecule has 2 amide bonds. The minimum Gasteiger partial charge on any atom is -0.309 e. The number of aromatic nitrogens is 4. The highest BCUT2D eigenvalue weighted by atomic mass is 16.2. The molecule has 1 aliphatic rings. The molecule has 2 aromatic heterocycles. The molecule has 5 rings (SSSR count). The molecule has 2 heterocycles. The Morgan fingerprint density at radius 1 is 0.605 bits per heavy atom. The maximum Gasteiger partial charge on any atom is 0.229 e. The molecule has 0 unspecified atom stereocenters. The molecule has 0 aliphatic heterocycles. The van der Waals surface area contributed by atoms with E-state index in [1.165, 1.54) is 0 Å². The van der Waals surface area contributed by atoms with Gasteiger partial charge in [0.25, 0.3) is 0 Å². The molecular weight excluding hydrogens is 476 g/mol. The van der Waals surface area contributed by atoms with Gasteiger partial charge >= 0.3 is 0 Å². The molecular formula is C30H30N6O2. The van der Waals surface area contributed by atoms with Crippen molar-refractivity contribution in [3.63, 3.8) is 0 Å². The van der Waals surface area contributed by atoms with Gasteiger partial charge in [0.05, 0.1) is 24.2 Å². The second-order valence-electron chi connectivity index (χ2n) is 9.67. The van der Waals surface area contributed by atoms with Gasteiger partial charge in [-0.2, -0.15) is 10.2 Å². The first kappa shape index (κ1) is 25.2. The fraction of sp³-hybridized carbons (Fsp3) is 0.267. The highest BCUT2D eigenvalue weighted by molar-refractivity contribution is 5.91. The number of anilines is 2. The minimum absolute atomic E-state index is 0.116. The van der Waals surface area contributed by atoms with Crippen LogP contribution in [0.4, 0.5) is 11.6 Å². The second kappa shape index (κ2) is 12.2. The van der Waals surface area contributed by atoms with Crippen molar-refractivity contribution < 1.29 is 9.59 Å². The zero-order valence-electron chi connectivity index (χ0n) is 21.1. The van der Waals surface area contributed by atoms with Crippen molar-refractivity contribution in [3.8, 4) is 0 Å². The molecule has 1 saturated carbocycles. The summed E-state index contributed by atoms with van der Waals surface area (Å²) in [5, 5.41) is 23.0. The number of rotatable bonds is 8. The Bertz CT molecular complexity index is 1240. The van der Waals surface area contributed by atoms with Crippen LogP contribution < -0.4 is 10.6 Å². The fourth-order valence-electron chi connectivity index (χ4n) is 4.92. The standard InChI is InChI=1S/C30H30N6O2/c37-29(18-21-8-3-1-4-9-21)31-27-16-14-25(33-35-27)23-12-7-13-24(20-23)26-15-17-28(36-34-26)32-30(38)19-22-10-5-2-6-11-22/h1-6,8-11,14-17,23-24H,7,12-13,18-20H2,(H,31,35,37)(H,32,36,38)/t23-,24-/m0/s1. The Kier molecular flexibility index (Phi) is 8.08. The fourth-order valence-corrected chi connectivity index (χ4v) is 4.92. The topological polar surface area (TPSA) is 110 Å². The largest absolute Gasteiger partial charge is 0.309 e. The Morgan fingerprint density at radius 2 is 1.05 bits per heavy atom. The highest BCUT2D eigenvalue weighted by Crippen LogP contribution is 2.40. The molecule has 1 fully saturated rings. The number of nitrogens with zero attached hydrogens (tertiary/aromatic N) is 4. The van der Waals surface area contributed by atoms with Gasteiger partial charge in [-0.1, -0.05) is 67.1 Å². The maximum absolute atomic E-state index is 12.3. The van der Waals surface area contributed by atoms with Crippen LogP contribution >= 0.6 is 0 Å². The molecule has 2 atom stereocenters. The molecule has 0 saturated heterocycles. The van der Waals surface area contributed by atoms with E-state index in [0.29, 0.717) is 24.5 Å². The Labute approximate surface area is 221 Å². The minimum atomic E-state index is -0.116. The van der Waals surface area contributed by atoms with E-state index in [-0.39, 0.29) is 23.7 Å². The Balaban J connectivity index is 1.14. The van der Waals surface area contributed by atoms with Crippen LogP contribution in [0.15, 0.2) is 84.9 Å². The van der Waals surface area contributed by atoms with Crippen LogP contribution in [0, 0.1) is 0 Å². The van der Waals surface area contributed by atoms with E-state index < -0.39 is 0 Å². The average molecular weight is 507 g/mol. The van der Waals surface area contributed by atoms with Crippen LogP contribution in [-0.2, 0) is 22.4 Å². The second-order valence-corrected chi connectivity index (χ2v) is 9.67. The van der Waals surface area contributed by atoms with Crippen LogP contribution in [-0.4, -0.2) is 32.2 Å². The van der Waals surface area contributed by atoms with E-state index >= 15 is 0 Å². The molecule has 192 valence electrons. The number of nitrogens with one attached hydrogen (secondary N) is 2. The lowest BCUT2D eigenvalue weighted by molar-refractivity contribution is -0.116. The number of carbonyl (C=O) groups excluding carboxylic acids is 2. The lowest BCUT2D eigenvalue weighted by Gasteiger charge is -2.28.